The molecule has 0 saturated heterocycles. The number of hydrogen-bond acceptors (Lipinski definition) is 5. The van der Waals surface area contributed by atoms with E-state index in [4.69, 9.17) is 9.47 Å². The number of benzene rings is 2. The molecule has 152 valence electrons. The summed E-state index contributed by atoms with van der Waals surface area (Å²) >= 11 is 3.46. The van der Waals surface area contributed by atoms with Crippen molar-refractivity contribution in [2.75, 3.05) is 27.4 Å². The standard InChI is InChI=1S/C19H23BrN2O5S/c1-13(15-6-4-5-7-16(15)20)22-19(23)14-8-9-17(27-3)18(12-14)28(24,25)21-10-11-26-2/h4-9,12-13,21H,10-11H2,1-3H3,(H,22,23). The molecular weight excluding hydrogens is 448 g/mol. The zero-order valence-corrected chi connectivity index (χ0v) is 18.3. The summed E-state index contributed by atoms with van der Waals surface area (Å²) in [5.41, 5.74) is 1.13. The largest absolute Gasteiger partial charge is 0.495 e. The SMILES string of the molecule is COCCNS(=O)(=O)c1cc(C(=O)NC(C)c2ccccc2Br)ccc1OC. The van der Waals surface area contributed by atoms with Gasteiger partial charge in [-0.25, -0.2) is 13.1 Å². The molecule has 0 spiro atoms. The van der Waals surface area contributed by atoms with Crippen LogP contribution in [-0.2, 0) is 14.8 Å². The molecule has 0 saturated carbocycles. The normalized spacial score (nSPS) is 12.4. The van der Waals surface area contributed by atoms with Crippen molar-refractivity contribution in [2.24, 2.45) is 0 Å². The second-order valence-electron chi connectivity index (χ2n) is 5.97. The summed E-state index contributed by atoms with van der Waals surface area (Å²) in [4.78, 5) is 12.6. The lowest BCUT2D eigenvalue weighted by Gasteiger charge is -2.17. The molecule has 0 fully saturated rings. The number of hydrogen-bond donors (Lipinski definition) is 2. The van der Waals surface area contributed by atoms with Crippen molar-refractivity contribution in [3.8, 4) is 5.75 Å². The molecule has 0 bridgehead atoms. The number of ether oxygens (including phenoxy) is 2. The topological polar surface area (TPSA) is 93.7 Å². The van der Waals surface area contributed by atoms with Gasteiger partial charge in [0, 0.05) is 23.7 Å². The maximum Gasteiger partial charge on any atom is 0.251 e. The Morgan fingerprint density at radius 1 is 1.18 bits per heavy atom. The minimum atomic E-state index is -3.86. The van der Waals surface area contributed by atoms with Crippen LogP contribution >= 0.6 is 15.9 Å². The Hall–Kier alpha value is -1.94. The van der Waals surface area contributed by atoms with E-state index in [0.717, 1.165) is 10.0 Å². The Bertz CT molecular complexity index is 934. The predicted octanol–water partition coefficient (Wildman–Crippen LogP) is 2.87. The van der Waals surface area contributed by atoms with Crippen LogP contribution in [0.5, 0.6) is 5.75 Å². The minimum absolute atomic E-state index is 0.104. The van der Waals surface area contributed by atoms with Gasteiger partial charge in [-0.1, -0.05) is 34.1 Å². The number of carbonyl (C=O) groups is 1. The first-order chi connectivity index (χ1) is 13.3. The number of methoxy groups -OCH3 is 2. The molecule has 1 unspecified atom stereocenters. The van der Waals surface area contributed by atoms with Gasteiger partial charge in [-0.3, -0.25) is 4.79 Å². The second-order valence-corrected chi connectivity index (χ2v) is 8.56. The molecule has 0 aliphatic carbocycles. The first-order valence-corrected chi connectivity index (χ1v) is 10.8. The van der Waals surface area contributed by atoms with Gasteiger partial charge in [0.15, 0.2) is 0 Å². The van der Waals surface area contributed by atoms with Crippen LogP contribution in [0.4, 0.5) is 0 Å². The molecule has 28 heavy (non-hydrogen) atoms. The molecule has 0 aliphatic rings. The van der Waals surface area contributed by atoms with Crippen LogP contribution in [0.1, 0.15) is 28.9 Å². The highest BCUT2D eigenvalue weighted by molar-refractivity contribution is 9.10. The third-order valence-electron chi connectivity index (χ3n) is 4.03. The van der Waals surface area contributed by atoms with Crippen molar-refractivity contribution in [3.63, 3.8) is 0 Å². The lowest BCUT2D eigenvalue weighted by molar-refractivity contribution is 0.0939. The summed E-state index contributed by atoms with van der Waals surface area (Å²) in [6.45, 7) is 2.19. The van der Waals surface area contributed by atoms with Crippen molar-refractivity contribution in [1.82, 2.24) is 10.0 Å². The minimum Gasteiger partial charge on any atom is -0.495 e. The molecular formula is C19H23BrN2O5S. The maximum absolute atomic E-state index is 12.7. The van der Waals surface area contributed by atoms with E-state index in [-0.39, 0.29) is 41.3 Å². The van der Waals surface area contributed by atoms with E-state index >= 15 is 0 Å². The summed E-state index contributed by atoms with van der Waals surface area (Å²) < 4.78 is 38.4. The Kier molecular flexibility index (Phi) is 7.99. The number of carbonyl (C=O) groups excluding carboxylic acids is 1. The highest BCUT2D eigenvalue weighted by Crippen LogP contribution is 2.26. The highest BCUT2D eigenvalue weighted by atomic mass is 79.9. The number of rotatable bonds is 9. The van der Waals surface area contributed by atoms with E-state index in [0.29, 0.717) is 0 Å². The predicted molar refractivity (Wildman–Crippen MR) is 110 cm³/mol. The number of amides is 1. The highest BCUT2D eigenvalue weighted by Gasteiger charge is 2.22. The van der Waals surface area contributed by atoms with Gasteiger partial charge in [-0.05, 0) is 36.8 Å². The molecule has 1 amide bonds. The quantitative estimate of drug-likeness (QED) is 0.549. The molecule has 2 N–H and O–H groups in total. The number of sulfonamides is 1. The van der Waals surface area contributed by atoms with Crippen molar-refractivity contribution in [1.29, 1.82) is 0 Å². The molecule has 0 aromatic heterocycles. The van der Waals surface area contributed by atoms with E-state index in [2.05, 4.69) is 26.0 Å². The van der Waals surface area contributed by atoms with Gasteiger partial charge in [0.2, 0.25) is 10.0 Å². The van der Waals surface area contributed by atoms with E-state index in [1.54, 1.807) is 0 Å². The van der Waals surface area contributed by atoms with Crippen molar-refractivity contribution >= 4 is 31.9 Å². The van der Waals surface area contributed by atoms with Crippen LogP contribution in [0.2, 0.25) is 0 Å². The van der Waals surface area contributed by atoms with E-state index in [1.165, 1.54) is 32.4 Å². The van der Waals surface area contributed by atoms with Crippen LogP contribution in [0.15, 0.2) is 51.8 Å². The summed E-state index contributed by atoms with van der Waals surface area (Å²) in [5.74, 6) is -0.237. The van der Waals surface area contributed by atoms with Crippen LogP contribution < -0.4 is 14.8 Å². The van der Waals surface area contributed by atoms with E-state index < -0.39 is 10.0 Å². The van der Waals surface area contributed by atoms with Crippen LogP contribution in [0, 0.1) is 0 Å². The summed E-state index contributed by atoms with van der Waals surface area (Å²) in [5, 5.41) is 2.88. The zero-order chi connectivity index (χ0) is 20.7. The smallest absolute Gasteiger partial charge is 0.251 e. The summed E-state index contributed by atoms with van der Waals surface area (Å²) in [6.07, 6.45) is 0. The average molecular weight is 471 g/mol. The van der Waals surface area contributed by atoms with Crippen molar-refractivity contribution in [2.45, 2.75) is 17.9 Å². The molecule has 0 aliphatic heterocycles. The third-order valence-corrected chi connectivity index (χ3v) is 6.24. The summed E-state index contributed by atoms with van der Waals surface area (Å²) in [6, 6.07) is 11.6. The first kappa shape index (κ1) is 22.4. The fourth-order valence-electron chi connectivity index (χ4n) is 2.57. The zero-order valence-electron chi connectivity index (χ0n) is 15.9. The van der Waals surface area contributed by atoms with Gasteiger partial charge < -0.3 is 14.8 Å². The molecule has 9 heteroatoms. The average Bonchev–Trinajstić information content (AvgIpc) is 2.67. The Labute approximate surface area is 173 Å². The first-order valence-electron chi connectivity index (χ1n) is 8.52. The molecule has 1 atom stereocenters. The Balaban J connectivity index is 2.26. The van der Waals surface area contributed by atoms with Gasteiger partial charge >= 0.3 is 0 Å². The molecule has 2 aromatic carbocycles. The fraction of sp³-hybridized carbons (Fsp3) is 0.316. The van der Waals surface area contributed by atoms with Gasteiger partial charge in [-0.2, -0.15) is 0 Å². The van der Waals surface area contributed by atoms with Crippen LogP contribution in [0.3, 0.4) is 0 Å². The lowest BCUT2D eigenvalue weighted by Crippen LogP contribution is -2.29. The Morgan fingerprint density at radius 3 is 2.54 bits per heavy atom. The lowest BCUT2D eigenvalue weighted by atomic mass is 10.1. The fourth-order valence-corrected chi connectivity index (χ4v) is 4.40. The molecule has 2 rings (SSSR count). The van der Waals surface area contributed by atoms with Gasteiger partial charge in [0.25, 0.3) is 5.91 Å². The van der Waals surface area contributed by atoms with Gasteiger partial charge in [-0.15, -0.1) is 0 Å². The van der Waals surface area contributed by atoms with Gasteiger partial charge in [0.05, 0.1) is 19.8 Å². The molecule has 0 heterocycles. The van der Waals surface area contributed by atoms with Crippen LogP contribution in [0.25, 0.3) is 0 Å². The second kappa shape index (κ2) is 10.0. The third kappa shape index (κ3) is 5.54. The Morgan fingerprint density at radius 2 is 1.89 bits per heavy atom. The van der Waals surface area contributed by atoms with Crippen molar-refractivity contribution in [3.05, 3.63) is 58.1 Å². The number of nitrogens with one attached hydrogen (secondary N) is 2. The van der Waals surface area contributed by atoms with E-state index in [1.807, 2.05) is 31.2 Å². The van der Waals surface area contributed by atoms with Crippen LogP contribution in [-0.4, -0.2) is 41.7 Å². The summed E-state index contributed by atoms with van der Waals surface area (Å²) in [7, 11) is -1.01. The monoisotopic (exact) mass is 470 g/mol. The van der Waals surface area contributed by atoms with E-state index in [9.17, 15) is 13.2 Å². The molecule has 7 nitrogen and oxygen atoms in total. The van der Waals surface area contributed by atoms with Crippen molar-refractivity contribution < 1.29 is 22.7 Å². The van der Waals surface area contributed by atoms with Gasteiger partial charge in [0.1, 0.15) is 10.6 Å². The number of halogens is 1. The maximum atomic E-state index is 12.7. The molecule has 2 aromatic rings. The molecule has 0 radical (unpaired) electrons.